The first-order chi connectivity index (χ1) is 10.6. The molecule has 3 rings (SSSR count). The average molecular weight is 561 g/mol. The predicted molar refractivity (Wildman–Crippen MR) is 105 cm³/mol. The van der Waals surface area contributed by atoms with E-state index in [1.807, 2.05) is 0 Å². The highest BCUT2D eigenvalue weighted by Crippen LogP contribution is 2.42. The molecule has 1 aromatic heterocycles. The van der Waals surface area contributed by atoms with E-state index in [0.29, 0.717) is 0 Å². The summed E-state index contributed by atoms with van der Waals surface area (Å²) in [7, 11) is 0. The number of nitrogens with zero attached hydrogens (tertiary/aromatic N) is 2. The van der Waals surface area contributed by atoms with Crippen LogP contribution in [0.1, 0.15) is 0 Å². The van der Waals surface area contributed by atoms with E-state index in [0.717, 1.165) is 74.1 Å². The zero-order chi connectivity index (χ0) is 15.7. The van der Waals surface area contributed by atoms with Gasteiger partial charge in [-0.15, -0.1) is 0 Å². The fraction of sp³-hybridized carbons (Fsp3) is 0.462. The van der Waals surface area contributed by atoms with Crippen molar-refractivity contribution in [3.05, 3.63) is 17.9 Å². The van der Waals surface area contributed by atoms with Crippen molar-refractivity contribution in [3.63, 3.8) is 0 Å². The quantitative estimate of drug-likeness (QED) is 0.392. The number of imidazole rings is 1. The van der Waals surface area contributed by atoms with E-state index in [4.69, 9.17) is 0 Å². The summed E-state index contributed by atoms with van der Waals surface area (Å²) >= 11 is 14.3. The topological polar surface area (TPSA) is 56.0 Å². The highest BCUT2D eigenvalue weighted by molar-refractivity contribution is 9.15. The van der Waals surface area contributed by atoms with E-state index >= 15 is 0 Å². The van der Waals surface area contributed by atoms with Crippen LogP contribution in [0.2, 0.25) is 0 Å². The summed E-state index contributed by atoms with van der Waals surface area (Å²) in [4.78, 5) is 10.4. The number of aromatic nitrogens is 2. The molecule has 0 radical (unpaired) electrons. The molecule has 1 aliphatic heterocycles. The standard InChI is InChI=1S/C13H15Br4N5/c14-7-8(15)10(17)12-11(9(7)16)20-13(21-12)19-3-6-22-4-1-18-2-5-22/h18H,1-6H2,(H2,19,20,21). The van der Waals surface area contributed by atoms with Crippen molar-refractivity contribution in [1.82, 2.24) is 20.2 Å². The highest BCUT2D eigenvalue weighted by Gasteiger charge is 2.17. The van der Waals surface area contributed by atoms with E-state index in [-0.39, 0.29) is 0 Å². The van der Waals surface area contributed by atoms with Crippen LogP contribution in [0.3, 0.4) is 0 Å². The summed E-state index contributed by atoms with van der Waals surface area (Å²) in [6.45, 7) is 6.27. The Labute approximate surface area is 162 Å². The van der Waals surface area contributed by atoms with Gasteiger partial charge in [-0.1, -0.05) is 0 Å². The number of anilines is 1. The molecule has 0 amide bonds. The van der Waals surface area contributed by atoms with Gasteiger partial charge in [-0.2, -0.15) is 0 Å². The molecule has 0 saturated carbocycles. The molecule has 0 spiro atoms. The normalized spacial score (nSPS) is 16.4. The van der Waals surface area contributed by atoms with Crippen molar-refractivity contribution in [2.75, 3.05) is 44.6 Å². The molecular formula is C13H15Br4N5. The van der Waals surface area contributed by atoms with Crippen LogP contribution in [0.5, 0.6) is 0 Å². The summed E-state index contributed by atoms with van der Waals surface area (Å²) in [6.07, 6.45) is 0. The van der Waals surface area contributed by atoms with E-state index in [2.05, 4.69) is 89.2 Å². The lowest BCUT2D eigenvalue weighted by Crippen LogP contribution is -2.45. The second-order valence-electron chi connectivity index (χ2n) is 5.08. The van der Waals surface area contributed by atoms with Gasteiger partial charge in [-0.25, -0.2) is 4.98 Å². The first kappa shape index (κ1) is 17.2. The first-order valence-electron chi connectivity index (χ1n) is 6.96. The molecule has 22 heavy (non-hydrogen) atoms. The lowest BCUT2D eigenvalue weighted by atomic mass is 10.3. The molecular weight excluding hydrogens is 546 g/mol. The van der Waals surface area contributed by atoms with Gasteiger partial charge in [0, 0.05) is 48.2 Å². The maximum atomic E-state index is 4.63. The largest absolute Gasteiger partial charge is 0.355 e. The lowest BCUT2D eigenvalue weighted by molar-refractivity contribution is 0.249. The van der Waals surface area contributed by atoms with Crippen LogP contribution in [-0.4, -0.2) is 54.1 Å². The Balaban J connectivity index is 1.72. The third-order valence-electron chi connectivity index (χ3n) is 3.64. The summed E-state index contributed by atoms with van der Waals surface area (Å²) in [5.41, 5.74) is 1.86. The molecule has 1 fully saturated rings. The maximum Gasteiger partial charge on any atom is 0.201 e. The number of H-pyrrole nitrogens is 1. The van der Waals surface area contributed by atoms with Crippen molar-refractivity contribution in [3.8, 4) is 0 Å². The van der Waals surface area contributed by atoms with E-state index in [9.17, 15) is 0 Å². The van der Waals surface area contributed by atoms with Crippen LogP contribution in [0.25, 0.3) is 11.0 Å². The SMILES string of the molecule is Brc1c(Br)c(Br)c2[nH]c(NCCN3CCNCC3)nc2c1Br. The Hall–Kier alpha value is 0.330. The molecule has 9 heteroatoms. The van der Waals surface area contributed by atoms with Crippen LogP contribution in [-0.2, 0) is 0 Å². The van der Waals surface area contributed by atoms with Gasteiger partial charge in [0.15, 0.2) is 0 Å². The number of rotatable bonds is 4. The van der Waals surface area contributed by atoms with Crippen LogP contribution in [0.15, 0.2) is 17.9 Å². The second-order valence-corrected chi connectivity index (χ2v) is 8.26. The number of hydrogen-bond acceptors (Lipinski definition) is 4. The molecule has 1 aromatic carbocycles. The summed E-state index contributed by atoms with van der Waals surface area (Å²) in [5, 5.41) is 6.74. The molecule has 0 bridgehead atoms. The number of nitrogens with one attached hydrogen (secondary N) is 3. The molecule has 5 nitrogen and oxygen atoms in total. The number of hydrogen-bond donors (Lipinski definition) is 3. The van der Waals surface area contributed by atoms with Crippen molar-refractivity contribution in [1.29, 1.82) is 0 Å². The third-order valence-corrected chi connectivity index (χ3v) is 8.39. The van der Waals surface area contributed by atoms with Gasteiger partial charge in [0.2, 0.25) is 5.95 Å². The molecule has 2 heterocycles. The smallest absolute Gasteiger partial charge is 0.201 e. The Morgan fingerprint density at radius 3 is 2.41 bits per heavy atom. The molecule has 1 saturated heterocycles. The monoisotopic (exact) mass is 557 g/mol. The highest BCUT2D eigenvalue weighted by atomic mass is 79.9. The van der Waals surface area contributed by atoms with E-state index in [1.165, 1.54) is 0 Å². The minimum absolute atomic E-state index is 0.788. The van der Waals surface area contributed by atoms with Gasteiger partial charge in [0.1, 0.15) is 5.52 Å². The molecule has 0 unspecified atom stereocenters. The van der Waals surface area contributed by atoms with Crippen molar-refractivity contribution in [2.45, 2.75) is 0 Å². The molecule has 0 atom stereocenters. The Bertz CT molecular complexity index is 636. The molecule has 2 aromatic rings. The van der Waals surface area contributed by atoms with Gasteiger partial charge in [-0.3, -0.25) is 4.90 Å². The fourth-order valence-electron chi connectivity index (χ4n) is 2.45. The number of halogens is 4. The predicted octanol–water partition coefficient (Wildman–Crippen LogP) is 3.93. The summed E-state index contributed by atoms with van der Waals surface area (Å²) in [5.74, 6) is 0.788. The van der Waals surface area contributed by atoms with Crippen molar-refractivity contribution >= 4 is 80.7 Å². The Kier molecular flexibility index (Phi) is 5.84. The van der Waals surface area contributed by atoms with Gasteiger partial charge in [-0.05, 0) is 63.7 Å². The van der Waals surface area contributed by atoms with Gasteiger partial charge in [0.25, 0.3) is 0 Å². The van der Waals surface area contributed by atoms with E-state index < -0.39 is 0 Å². The zero-order valence-corrected chi connectivity index (χ0v) is 18.0. The van der Waals surface area contributed by atoms with Crippen LogP contribution < -0.4 is 10.6 Å². The Morgan fingerprint density at radius 2 is 1.68 bits per heavy atom. The second kappa shape index (κ2) is 7.48. The van der Waals surface area contributed by atoms with E-state index in [1.54, 1.807) is 0 Å². The van der Waals surface area contributed by atoms with Crippen molar-refractivity contribution < 1.29 is 0 Å². The molecule has 0 aliphatic carbocycles. The third kappa shape index (κ3) is 3.54. The van der Waals surface area contributed by atoms with Gasteiger partial charge >= 0.3 is 0 Å². The lowest BCUT2D eigenvalue weighted by Gasteiger charge is -2.26. The molecule has 3 N–H and O–H groups in total. The molecule has 1 aliphatic rings. The number of benzene rings is 1. The minimum atomic E-state index is 0.788. The van der Waals surface area contributed by atoms with Crippen molar-refractivity contribution in [2.24, 2.45) is 0 Å². The van der Waals surface area contributed by atoms with Gasteiger partial charge < -0.3 is 15.6 Å². The number of aromatic amines is 1. The Morgan fingerprint density at radius 1 is 1.00 bits per heavy atom. The summed E-state index contributed by atoms with van der Waals surface area (Å²) in [6, 6.07) is 0. The number of piperazine rings is 1. The number of fused-ring (bicyclic) bond motifs is 1. The van der Waals surface area contributed by atoms with Gasteiger partial charge in [0.05, 0.1) is 14.5 Å². The fourth-order valence-corrected chi connectivity index (χ4v) is 4.73. The van der Waals surface area contributed by atoms with Crippen LogP contribution in [0.4, 0.5) is 5.95 Å². The van der Waals surface area contributed by atoms with Crippen LogP contribution in [0, 0.1) is 0 Å². The minimum Gasteiger partial charge on any atom is -0.355 e. The summed E-state index contributed by atoms with van der Waals surface area (Å²) < 4.78 is 3.80. The van der Waals surface area contributed by atoms with Crippen LogP contribution >= 0.6 is 63.7 Å². The maximum absolute atomic E-state index is 4.63. The molecule has 120 valence electrons. The average Bonchev–Trinajstić information content (AvgIpc) is 2.96. The zero-order valence-electron chi connectivity index (χ0n) is 11.6. The first-order valence-corrected chi connectivity index (χ1v) is 10.1.